The minimum absolute atomic E-state index is 0.261. The molecule has 1 aromatic rings. The van der Waals surface area contributed by atoms with Gasteiger partial charge >= 0.3 is 0 Å². The first kappa shape index (κ1) is 13.5. The average molecular weight is 260 g/mol. The van der Waals surface area contributed by atoms with Crippen LogP contribution in [0, 0.1) is 0 Å². The van der Waals surface area contributed by atoms with Gasteiger partial charge in [-0.05, 0) is 31.4 Å². The van der Waals surface area contributed by atoms with E-state index in [1.54, 1.807) is 25.1 Å². The molecule has 0 aliphatic heterocycles. The molecule has 16 heavy (non-hydrogen) atoms. The zero-order chi connectivity index (χ0) is 12.2. The number of thioether (sulfide) groups is 1. The van der Waals surface area contributed by atoms with Crippen molar-refractivity contribution in [2.75, 3.05) is 12.8 Å². The smallest absolute Gasteiger partial charge is 0.240 e. The summed E-state index contributed by atoms with van der Waals surface area (Å²) in [7, 11) is -3.45. The molecule has 4 nitrogen and oxygen atoms in total. The van der Waals surface area contributed by atoms with E-state index in [0.717, 1.165) is 4.90 Å². The van der Waals surface area contributed by atoms with Crippen molar-refractivity contribution in [2.45, 2.75) is 22.8 Å². The third-order valence-electron chi connectivity index (χ3n) is 2.06. The maximum Gasteiger partial charge on any atom is 0.240 e. The van der Waals surface area contributed by atoms with Crippen molar-refractivity contribution in [2.24, 2.45) is 5.73 Å². The second-order valence-electron chi connectivity index (χ2n) is 3.44. The predicted octanol–water partition coefficient (Wildman–Crippen LogP) is 1.03. The highest BCUT2D eigenvalue weighted by Crippen LogP contribution is 2.18. The number of nitrogens with one attached hydrogen (secondary N) is 1. The summed E-state index contributed by atoms with van der Waals surface area (Å²) in [5, 5.41) is 0. The molecule has 0 heterocycles. The van der Waals surface area contributed by atoms with Gasteiger partial charge in [-0.15, -0.1) is 11.8 Å². The van der Waals surface area contributed by atoms with Crippen LogP contribution >= 0.6 is 11.8 Å². The van der Waals surface area contributed by atoms with E-state index in [1.165, 1.54) is 11.8 Å². The van der Waals surface area contributed by atoms with Crippen LogP contribution in [0.25, 0.3) is 0 Å². The maximum absolute atomic E-state index is 11.9. The molecule has 1 atom stereocenters. The van der Waals surface area contributed by atoms with Crippen LogP contribution in [0.1, 0.15) is 6.92 Å². The van der Waals surface area contributed by atoms with Crippen LogP contribution in [0.5, 0.6) is 0 Å². The van der Waals surface area contributed by atoms with Crippen molar-refractivity contribution in [3.8, 4) is 0 Å². The van der Waals surface area contributed by atoms with Gasteiger partial charge in [0.2, 0.25) is 10.0 Å². The second-order valence-corrected chi connectivity index (χ2v) is 6.03. The Morgan fingerprint density at radius 1 is 1.50 bits per heavy atom. The number of rotatable bonds is 5. The van der Waals surface area contributed by atoms with E-state index < -0.39 is 10.0 Å². The molecular weight excluding hydrogens is 244 g/mol. The predicted molar refractivity (Wildman–Crippen MR) is 67.1 cm³/mol. The van der Waals surface area contributed by atoms with Crippen LogP contribution in [0.3, 0.4) is 0 Å². The Labute approximate surface area is 101 Å². The van der Waals surface area contributed by atoms with Gasteiger partial charge in [0.1, 0.15) is 0 Å². The molecule has 0 amide bonds. The van der Waals surface area contributed by atoms with Crippen molar-refractivity contribution >= 4 is 21.8 Å². The molecule has 0 spiro atoms. The van der Waals surface area contributed by atoms with E-state index in [1.807, 2.05) is 12.3 Å². The Morgan fingerprint density at radius 3 is 2.75 bits per heavy atom. The molecule has 0 aromatic heterocycles. The maximum atomic E-state index is 11.9. The molecule has 0 aliphatic rings. The molecule has 0 saturated carbocycles. The Kier molecular flexibility index (Phi) is 4.79. The standard InChI is InChI=1S/C10H16N2O2S2/c1-8(7-11)12-16(13,14)10-5-3-4-9(6-10)15-2/h3-6,8,12H,7,11H2,1-2H3/t8-/m1/s1. The third-order valence-corrected chi connectivity index (χ3v) is 4.37. The van der Waals surface area contributed by atoms with Gasteiger partial charge < -0.3 is 5.73 Å². The van der Waals surface area contributed by atoms with Crippen molar-refractivity contribution in [3.05, 3.63) is 24.3 Å². The Bertz CT molecular complexity index is 446. The fraction of sp³-hybridized carbons (Fsp3) is 0.400. The lowest BCUT2D eigenvalue weighted by Crippen LogP contribution is -2.37. The zero-order valence-electron chi connectivity index (χ0n) is 9.30. The second kappa shape index (κ2) is 5.67. The Balaban J connectivity index is 2.98. The molecule has 90 valence electrons. The van der Waals surface area contributed by atoms with Gasteiger partial charge in [0.05, 0.1) is 4.90 Å². The van der Waals surface area contributed by atoms with Crippen LogP contribution in [0.2, 0.25) is 0 Å². The molecule has 0 radical (unpaired) electrons. The first-order valence-electron chi connectivity index (χ1n) is 4.86. The number of hydrogen-bond donors (Lipinski definition) is 2. The SMILES string of the molecule is CSc1cccc(S(=O)(=O)N[C@H](C)CN)c1. The minimum atomic E-state index is -3.45. The molecule has 1 rings (SSSR count). The summed E-state index contributed by atoms with van der Waals surface area (Å²) in [4.78, 5) is 1.20. The fourth-order valence-electron chi connectivity index (χ4n) is 1.15. The van der Waals surface area contributed by atoms with Crippen molar-refractivity contribution in [1.82, 2.24) is 4.72 Å². The Morgan fingerprint density at radius 2 is 2.19 bits per heavy atom. The first-order valence-corrected chi connectivity index (χ1v) is 7.57. The van der Waals surface area contributed by atoms with Gasteiger partial charge in [-0.2, -0.15) is 0 Å². The van der Waals surface area contributed by atoms with Gasteiger partial charge in [-0.25, -0.2) is 13.1 Å². The van der Waals surface area contributed by atoms with Crippen molar-refractivity contribution in [1.29, 1.82) is 0 Å². The van der Waals surface area contributed by atoms with E-state index in [0.29, 0.717) is 0 Å². The largest absolute Gasteiger partial charge is 0.329 e. The Hall–Kier alpha value is -0.560. The average Bonchev–Trinajstić information content (AvgIpc) is 2.28. The summed E-state index contributed by atoms with van der Waals surface area (Å²) >= 11 is 1.51. The highest BCUT2D eigenvalue weighted by atomic mass is 32.2. The molecule has 1 aromatic carbocycles. The van der Waals surface area contributed by atoms with E-state index in [2.05, 4.69) is 4.72 Å². The lowest BCUT2D eigenvalue weighted by atomic mass is 10.4. The van der Waals surface area contributed by atoms with E-state index >= 15 is 0 Å². The summed E-state index contributed by atoms with van der Waals surface area (Å²) in [5.41, 5.74) is 5.38. The molecule has 6 heteroatoms. The lowest BCUT2D eigenvalue weighted by molar-refractivity contribution is 0.562. The number of benzene rings is 1. The monoisotopic (exact) mass is 260 g/mol. The van der Waals surface area contributed by atoms with Crippen molar-refractivity contribution < 1.29 is 8.42 Å². The molecule has 3 N–H and O–H groups in total. The van der Waals surface area contributed by atoms with E-state index in [9.17, 15) is 8.42 Å². The summed E-state index contributed by atoms with van der Waals surface area (Å²) in [6, 6.07) is 6.56. The topological polar surface area (TPSA) is 72.2 Å². The molecule has 0 unspecified atom stereocenters. The van der Waals surface area contributed by atoms with E-state index in [4.69, 9.17) is 5.73 Å². The normalized spacial score (nSPS) is 13.7. The number of nitrogens with two attached hydrogens (primary N) is 1. The highest BCUT2D eigenvalue weighted by Gasteiger charge is 2.16. The summed E-state index contributed by atoms with van der Waals surface area (Å²) < 4.78 is 26.3. The summed E-state index contributed by atoms with van der Waals surface area (Å²) in [5.74, 6) is 0. The molecule has 0 saturated heterocycles. The van der Waals surface area contributed by atoms with Crippen LogP contribution in [-0.2, 0) is 10.0 Å². The quantitative estimate of drug-likeness (QED) is 0.776. The first-order chi connectivity index (χ1) is 7.49. The van der Waals surface area contributed by atoms with Gasteiger partial charge in [0.25, 0.3) is 0 Å². The van der Waals surface area contributed by atoms with Crippen LogP contribution in [-0.4, -0.2) is 27.3 Å². The van der Waals surface area contributed by atoms with Gasteiger partial charge in [0, 0.05) is 17.5 Å². The summed E-state index contributed by atoms with van der Waals surface area (Å²) in [6.07, 6.45) is 1.90. The lowest BCUT2D eigenvalue weighted by Gasteiger charge is -2.12. The molecule has 0 fully saturated rings. The molecule has 0 aliphatic carbocycles. The van der Waals surface area contributed by atoms with Gasteiger partial charge in [0.15, 0.2) is 0 Å². The molecular formula is C10H16N2O2S2. The summed E-state index contributed by atoms with van der Waals surface area (Å²) in [6.45, 7) is 2.01. The number of sulfonamides is 1. The highest BCUT2D eigenvalue weighted by molar-refractivity contribution is 7.98. The van der Waals surface area contributed by atoms with Crippen LogP contribution < -0.4 is 10.5 Å². The van der Waals surface area contributed by atoms with E-state index in [-0.39, 0.29) is 17.5 Å². The van der Waals surface area contributed by atoms with Crippen LogP contribution in [0.4, 0.5) is 0 Å². The van der Waals surface area contributed by atoms with Crippen molar-refractivity contribution in [3.63, 3.8) is 0 Å². The fourth-order valence-corrected chi connectivity index (χ4v) is 2.99. The van der Waals surface area contributed by atoms with Gasteiger partial charge in [-0.3, -0.25) is 0 Å². The minimum Gasteiger partial charge on any atom is -0.329 e. The molecule has 0 bridgehead atoms. The van der Waals surface area contributed by atoms with Gasteiger partial charge in [-0.1, -0.05) is 6.07 Å². The zero-order valence-corrected chi connectivity index (χ0v) is 10.9. The third kappa shape index (κ3) is 3.48. The number of hydrogen-bond acceptors (Lipinski definition) is 4. The van der Waals surface area contributed by atoms with Crippen LogP contribution in [0.15, 0.2) is 34.1 Å².